The Hall–Kier alpha value is -2.53. The van der Waals surface area contributed by atoms with Crippen LogP contribution < -0.4 is 27.0 Å². The van der Waals surface area contributed by atoms with E-state index in [1.54, 1.807) is 31.2 Å². The molecule has 29 heavy (non-hydrogen) atoms. The van der Waals surface area contributed by atoms with E-state index >= 15 is 0 Å². The minimum Gasteiger partial charge on any atom is -0.392 e. The Kier molecular flexibility index (Phi) is 12.2. The molecule has 1 aromatic rings. The molecule has 0 aliphatic heterocycles. The Morgan fingerprint density at radius 2 is 1.83 bits per heavy atom. The SMILES string of the molecule is CC(NC(=O)CNC(=O)CCOCCNCCN)C(=O)Nc1ccc(CO)cc1. The summed E-state index contributed by atoms with van der Waals surface area (Å²) in [6, 6.07) is 5.92. The van der Waals surface area contributed by atoms with Gasteiger partial charge in [0.05, 0.1) is 26.4 Å². The fourth-order valence-corrected chi connectivity index (χ4v) is 2.21. The van der Waals surface area contributed by atoms with E-state index in [2.05, 4.69) is 21.3 Å². The highest BCUT2D eigenvalue weighted by molar-refractivity contribution is 5.97. The minimum absolute atomic E-state index is 0.0788. The number of carbonyl (C=O) groups is 3. The van der Waals surface area contributed by atoms with Gasteiger partial charge in [0.25, 0.3) is 0 Å². The molecule has 10 nitrogen and oxygen atoms in total. The van der Waals surface area contributed by atoms with Gasteiger partial charge < -0.3 is 36.8 Å². The number of aliphatic hydroxyl groups is 1. The quantitative estimate of drug-likeness (QED) is 0.209. The van der Waals surface area contributed by atoms with Gasteiger partial charge in [-0.25, -0.2) is 0 Å². The molecule has 0 spiro atoms. The average Bonchev–Trinajstić information content (AvgIpc) is 2.72. The zero-order valence-corrected chi connectivity index (χ0v) is 16.7. The van der Waals surface area contributed by atoms with Gasteiger partial charge in [0.1, 0.15) is 6.04 Å². The van der Waals surface area contributed by atoms with Crippen LogP contribution in [0.1, 0.15) is 18.9 Å². The lowest BCUT2D eigenvalue weighted by atomic mass is 10.2. The third-order valence-electron chi connectivity index (χ3n) is 3.84. The lowest BCUT2D eigenvalue weighted by Crippen LogP contribution is -2.46. The maximum absolute atomic E-state index is 12.1. The topological polar surface area (TPSA) is 155 Å². The van der Waals surface area contributed by atoms with Gasteiger partial charge in [-0.05, 0) is 24.6 Å². The van der Waals surface area contributed by atoms with Crippen LogP contribution in [0, 0.1) is 0 Å². The van der Waals surface area contributed by atoms with Crippen LogP contribution in [0.3, 0.4) is 0 Å². The fourth-order valence-electron chi connectivity index (χ4n) is 2.21. The molecule has 0 aromatic heterocycles. The molecule has 10 heteroatoms. The molecule has 0 fully saturated rings. The predicted molar refractivity (Wildman–Crippen MR) is 109 cm³/mol. The molecule has 1 rings (SSSR count). The molecule has 1 aromatic carbocycles. The summed E-state index contributed by atoms with van der Waals surface area (Å²) in [5.74, 6) is -1.17. The molecule has 3 amide bonds. The first-order valence-corrected chi connectivity index (χ1v) is 9.51. The van der Waals surface area contributed by atoms with Crippen LogP contribution in [0.15, 0.2) is 24.3 Å². The number of benzene rings is 1. The third kappa shape index (κ3) is 11.2. The summed E-state index contributed by atoms with van der Waals surface area (Å²) in [6.07, 6.45) is 0.143. The third-order valence-corrected chi connectivity index (χ3v) is 3.84. The molecule has 0 bridgehead atoms. The van der Waals surface area contributed by atoms with Crippen molar-refractivity contribution in [1.82, 2.24) is 16.0 Å². The maximum atomic E-state index is 12.1. The lowest BCUT2D eigenvalue weighted by Gasteiger charge is -2.14. The molecule has 162 valence electrons. The van der Waals surface area contributed by atoms with Gasteiger partial charge in [-0.3, -0.25) is 14.4 Å². The lowest BCUT2D eigenvalue weighted by molar-refractivity contribution is -0.128. The van der Waals surface area contributed by atoms with Gasteiger partial charge in [0.15, 0.2) is 0 Å². The second kappa shape index (κ2) is 14.5. The summed E-state index contributed by atoms with van der Waals surface area (Å²) in [5, 5.41) is 19.7. The van der Waals surface area contributed by atoms with Crippen molar-refractivity contribution < 1.29 is 24.2 Å². The van der Waals surface area contributed by atoms with Crippen LogP contribution in [0.25, 0.3) is 0 Å². The second-order valence-electron chi connectivity index (χ2n) is 6.31. The monoisotopic (exact) mass is 409 g/mol. The molecule has 1 unspecified atom stereocenters. The number of amides is 3. The number of nitrogens with one attached hydrogen (secondary N) is 4. The number of rotatable bonds is 14. The van der Waals surface area contributed by atoms with Crippen molar-refractivity contribution in [1.29, 1.82) is 0 Å². The molecule has 0 aliphatic rings. The van der Waals surface area contributed by atoms with Gasteiger partial charge in [0, 0.05) is 31.7 Å². The van der Waals surface area contributed by atoms with Crippen molar-refractivity contribution in [3.8, 4) is 0 Å². The van der Waals surface area contributed by atoms with Crippen molar-refractivity contribution in [2.24, 2.45) is 5.73 Å². The molecule has 7 N–H and O–H groups in total. The number of anilines is 1. The van der Waals surface area contributed by atoms with Crippen molar-refractivity contribution in [3.63, 3.8) is 0 Å². The molecular formula is C19H31N5O5. The van der Waals surface area contributed by atoms with Crippen molar-refractivity contribution in [2.45, 2.75) is 26.0 Å². The Morgan fingerprint density at radius 1 is 1.10 bits per heavy atom. The highest BCUT2D eigenvalue weighted by Gasteiger charge is 2.16. The summed E-state index contributed by atoms with van der Waals surface area (Å²) in [7, 11) is 0. The molecule has 0 saturated carbocycles. The Bertz CT molecular complexity index is 638. The molecular weight excluding hydrogens is 378 g/mol. The zero-order valence-electron chi connectivity index (χ0n) is 16.7. The van der Waals surface area contributed by atoms with Crippen molar-refractivity contribution >= 4 is 23.4 Å². The summed E-state index contributed by atoms with van der Waals surface area (Å²) >= 11 is 0. The smallest absolute Gasteiger partial charge is 0.246 e. The van der Waals surface area contributed by atoms with Crippen molar-refractivity contribution in [2.75, 3.05) is 44.7 Å². The maximum Gasteiger partial charge on any atom is 0.246 e. The summed E-state index contributed by atoms with van der Waals surface area (Å²) < 4.78 is 5.29. The number of hydrogen-bond donors (Lipinski definition) is 6. The largest absolute Gasteiger partial charge is 0.392 e. The second-order valence-corrected chi connectivity index (χ2v) is 6.31. The standard InChI is InChI=1S/C19H31N5O5/c1-14(19(28)24-16-4-2-15(13-25)3-5-16)23-18(27)12-22-17(26)6-10-29-11-9-21-8-7-20/h2-5,14,21,25H,6-13,20H2,1H3,(H,22,26)(H,23,27)(H,24,28). The number of aliphatic hydroxyl groups excluding tert-OH is 1. The van der Waals surface area contributed by atoms with E-state index in [0.717, 1.165) is 5.56 Å². The van der Waals surface area contributed by atoms with E-state index in [-0.39, 0.29) is 32.1 Å². The van der Waals surface area contributed by atoms with Crippen LogP contribution in [0.5, 0.6) is 0 Å². The van der Waals surface area contributed by atoms with E-state index in [1.165, 1.54) is 0 Å². The Morgan fingerprint density at radius 3 is 2.48 bits per heavy atom. The number of hydrogen-bond acceptors (Lipinski definition) is 7. The fraction of sp³-hybridized carbons (Fsp3) is 0.526. The van der Waals surface area contributed by atoms with Gasteiger partial charge >= 0.3 is 0 Å². The number of ether oxygens (including phenoxy) is 1. The van der Waals surface area contributed by atoms with Crippen LogP contribution in [-0.2, 0) is 25.7 Å². The van der Waals surface area contributed by atoms with E-state index < -0.39 is 17.9 Å². The first kappa shape index (κ1) is 24.5. The zero-order chi connectivity index (χ0) is 21.5. The summed E-state index contributed by atoms with van der Waals surface area (Å²) in [4.78, 5) is 35.7. The van der Waals surface area contributed by atoms with Crippen LogP contribution in [0.2, 0.25) is 0 Å². The van der Waals surface area contributed by atoms with E-state index in [1.807, 2.05) is 0 Å². The number of nitrogens with two attached hydrogens (primary N) is 1. The molecule has 0 aliphatic carbocycles. The molecule has 0 heterocycles. The van der Waals surface area contributed by atoms with Gasteiger partial charge in [-0.2, -0.15) is 0 Å². The number of carbonyl (C=O) groups excluding carboxylic acids is 3. The van der Waals surface area contributed by atoms with E-state index in [4.69, 9.17) is 15.6 Å². The first-order chi connectivity index (χ1) is 14.0. The summed E-state index contributed by atoms with van der Waals surface area (Å²) in [6.45, 7) is 3.91. The normalized spacial score (nSPS) is 11.6. The average molecular weight is 409 g/mol. The van der Waals surface area contributed by atoms with Gasteiger partial charge in [0.2, 0.25) is 17.7 Å². The van der Waals surface area contributed by atoms with Crippen molar-refractivity contribution in [3.05, 3.63) is 29.8 Å². The van der Waals surface area contributed by atoms with Crippen LogP contribution in [0.4, 0.5) is 5.69 Å². The minimum atomic E-state index is -0.777. The highest BCUT2D eigenvalue weighted by Crippen LogP contribution is 2.09. The Balaban J connectivity index is 2.18. The van der Waals surface area contributed by atoms with Crippen LogP contribution >= 0.6 is 0 Å². The highest BCUT2D eigenvalue weighted by atomic mass is 16.5. The van der Waals surface area contributed by atoms with E-state index in [0.29, 0.717) is 31.9 Å². The predicted octanol–water partition coefficient (Wildman–Crippen LogP) is -1.31. The molecule has 0 radical (unpaired) electrons. The Labute approximate surface area is 170 Å². The molecule has 1 atom stereocenters. The van der Waals surface area contributed by atoms with E-state index in [9.17, 15) is 14.4 Å². The first-order valence-electron chi connectivity index (χ1n) is 9.51. The van der Waals surface area contributed by atoms with Crippen LogP contribution in [-0.4, -0.2) is 68.3 Å². The molecule has 0 saturated heterocycles. The van der Waals surface area contributed by atoms with Gasteiger partial charge in [-0.1, -0.05) is 12.1 Å². The van der Waals surface area contributed by atoms with Gasteiger partial charge in [-0.15, -0.1) is 0 Å². The summed E-state index contributed by atoms with van der Waals surface area (Å²) in [5.41, 5.74) is 6.62.